The Morgan fingerprint density at radius 2 is 1.93 bits per heavy atom. The van der Waals surface area contributed by atoms with Gasteiger partial charge in [0.1, 0.15) is 23.2 Å². The minimum atomic E-state index is -0.340. The molecule has 156 valence electrons. The maximum absolute atomic E-state index is 13.2. The number of aromatic nitrogens is 1. The van der Waals surface area contributed by atoms with Crippen LogP contribution < -0.4 is 4.74 Å². The van der Waals surface area contributed by atoms with Crippen molar-refractivity contribution in [3.63, 3.8) is 0 Å². The standard InChI is InChI=1S/C24H25FN2O2S/c1-15-10-16(2)17(3)22(11-15)29-13-23-26-20(14-30-23)12-27(21-8-9-21)24(28)18-4-6-19(25)7-5-18/h4-7,10-11,14,21H,8-9,12-13H2,1-3H3. The topological polar surface area (TPSA) is 42.4 Å². The van der Waals surface area contributed by atoms with Gasteiger partial charge in [0.15, 0.2) is 0 Å². The van der Waals surface area contributed by atoms with Gasteiger partial charge in [-0.15, -0.1) is 11.3 Å². The lowest BCUT2D eigenvalue weighted by atomic mass is 10.1. The van der Waals surface area contributed by atoms with Crippen LogP contribution in [-0.2, 0) is 13.2 Å². The number of carbonyl (C=O) groups is 1. The maximum Gasteiger partial charge on any atom is 0.254 e. The summed E-state index contributed by atoms with van der Waals surface area (Å²) in [4.78, 5) is 19.4. The smallest absolute Gasteiger partial charge is 0.254 e. The van der Waals surface area contributed by atoms with Crippen molar-refractivity contribution in [2.45, 2.75) is 52.8 Å². The van der Waals surface area contributed by atoms with Crippen LogP contribution in [0.2, 0.25) is 0 Å². The van der Waals surface area contributed by atoms with Crippen LogP contribution in [0.25, 0.3) is 0 Å². The number of halogens is 1. The molecule has 1 aliphatic carbocycles. The second kappa shape index (κ2) is 8.56. The molecule has 0 unspecified atom stereocenters. The van der Waals surface area contributed by atoms with Gasteiger partial charge in [0.2, 0.25) is 0 Å². The van der Waals surface area contributed by atoms with E-state index >= 15 is 0 Å². The first-order chi connectivity index (χ1) is 14.4. The predicted molar refractivity (Wildman–Crippen MR) is 116 cm³/mol. The molecule has 0 N–H and O–H groups in total. The summed E-state index contributed by atoms with van der Waals surface area (Å²) in [6.45, 7) is 7.07. The first-order valence-corrected chi connectivity index (χ1v) is 11.0. The number of amides is 1. The predicted octanol–water partition coefficient (Wildman–Crippen LogP) is 5.59. The van der Waals surface area contributed by atoms with Gasteiger partial charge in [-0.25, -0.2) is 9.37 Å². The van der Waals surface area contributed by atoms with Crippen molar-refractivity contribution in [3.8, 4) is 5.75 Å². The van der Waals surface area contributed by atoms with Gasteiger partial charge in [-0.1, -0.05) is 6.07 Å². The molecular weight excluding hydrogens is 399 g/mol. The second-order valence-electron chi connectivity index (χ2n) is 7.90. The highest BCUT2D eigenvalue weighted by molar-refractivity contribution is 7.09. The van der Waals surface area contributed by atoms with E-state index in [0.29, 0.717) is 18.7 Å². The molecule has 3 aromatic rings. The highest BCUT2D eigenvalue weighted by Crippen LogP contribution is 2.30. The first-order valence-electron chi connectivity index (χ1n) is 10.1. The SMILES string of the molecule is Cc1cc(C)c(C)c(OCc2nc(CN(C(=O)c3ccc(F)cc3)C3CC3)cs2)c1. The van der Waals surface area contributed by atoms with Gasteiger partial charge in [-0.05, 0) is 80.6 Å². The van der Waals surface area contributed by atoms with Crippen LogP contribution in [0.3, 0.4) is 0 Å². The molecule has 1 heterocycles. The summed E-state index contributed by atoms with van der Waals surface area (Å²) in [5.41, 5.74) is 4.89. The summed E-state index contributed by atoms with van der Waals surface area (Å²) in [7, 11) is 0. The molecule has 6 heteroatoms. The van der Waals surface area contributed by atoms with Gasteiger partial charge in [-0.2, -0.15) is 0 Å². The molecule has 1 fully saturated rings. The fourth-order valence-electron chi connectivity index (χ4n) is 3.46. The van der Waals surface area contributed by atoms with Crippen LogP contribution in [-0.4, -0.2) is 21.8 Å². The van der Waals surface area contributed by atoms with Gasteiger partial charge in [0.05, 0.1) is 12.2 Å². The summed E-state index contributed by atoms with van der Waals surface area (Å²) in [5.74, 6) is 0.470. The van der Waals surface area contributed by atoms with Crippen LogP contribution in [0.1, 0.15) is 50.6 Å². The number of carbonyl (C=O) groups excluding carboxylic acids is 1. The summed E-state index contributed by atoms with van der Waals surface area (Å²) < 4.78 is 19.2. The molecule has 1 aromatic heterocycles. The van der Waals surface area contributed by atoms with Gasteiger partial charge in [-0.3, -0.25) is 4.79 Å². The highest BCUT2D eigenvalue weighted by Gasteiger charge is 2.33. The van der Waals surface area contributed by atoms with Gasteiger partial charge in [0, 0.05) is 17.0 Å². The van der Waals surface area contributed by atoms with Crippen LogP contribution in [0.4, 0.5) is 4.39 Å². The summed E-state index contributed by atoms with van der Waals surface area (Å²) in [6.07, 6.45) is 2.00. The quantitative estimate of drug-likeness (QED) is 0.496. The number of hydrogen-bond donors (Lipinski definition) is 0. The van der Waals surface area contributed by atoms with Crippen molar-refractivity contribution in [2.24, 2.45) is 0 Å². The number of rotatable bonds is 7. The molecule has 0 bridgehead atoms. The van der Waals surface area contributed by atoms with E-state index < -0.39 is 0 Å². The monoisotopic (exact) mass is 424 g/mol. The Morgan fingerprint density at radius 3 is 2.63 bits per heavy atom. The van der Waals surface area contributed by atoms with E-state index in [0.717, 1.165) is 34.9 Å². The normalized spacial score (nSPS) is 13.3. The Morgan fingerprint density at radius 1 is 1.20 bits per heavy atom. The third kappa shape index (κ3) is 4.70. The van der Waals surface area contributed by atoms with Crippen LogP contribution in [0.15, 0.2) is 41.8 Å². The molecule has 2 aromatic carbocycles. The molecule has 1 saturated carbocycles. The largest absolute Gasteiger partial charge is 0.486 e. The fraction of sp³-hybridized carbons (Fsp3) is 0.333. The number of benzene rings is 2. The second-order valence-corrected chi connectivity index (χ2v) is 8.84. The fourth-order valence-corrected chi connectivity index (χ4v) is 4.16. The van der Waals surface area contributed by atoms with Gasteiger partial charge < -0.3 is 9.64 Å². The van der Waals surface area contributed by atoms with E-state index in [-0.39, 0.29) is 17.8 Å². The molecule has 0 atom stereocenters. The molecule has 4 nitrogen and oxygen atoms in total. The Bertz CT molecular complexity index is 1060. The minimum Gasteiger partial charge on any atom is -0.486 e. The van der Waals surface area contributed by atoms with E-state index in [1.165, 1.54) is 23.3 Å². The van der Waals surface area contributed by atoms with Gasteiger partial charge >= 0.3 is 0 Å². The third-order valence-electron chi connectivity index (χ3n) is 5.39. The summed E-state index contributed by atoms with van der Waals surface area (Å²) >= 11 is 1.54. The molecule has 0 radical (unpaired) electrons. The number of ether oxygens (including phenoxy) is 1. The van der Waals surface area contributed by atoms with Crippen LogP contribution >= 0.6 is 11.3 Å². The molecule has 1 amide bonds. The summed E-state index contributed by atoms with van der Waals surface area (Å²) in [6, 6.07) is 10.2. The minimum absolute atomic E-state index is 0.0749. The highest BCUT2D eigenvalue weighted by atomic mass is 32.1. The zero-order valence-electron chi connectivity index (χ0n) is 17.4. The van der Waals surface area contributed by atoms with Crippen molar-refractivity contribution in [2.75, 3.05) is 0 Å². The van der Waals surface area contributed by atoms with Crippen molar-refractivity contribution in [1.29, 1.82) is 0 Å². The number of hydrogen-bond acceptors (Lipinski definition) is 4. The van der Waals surface area contributed by atoms with E-state index in [4.69, 9.17) is 4.74 Å². The van der Waals surface area contributed by atoms with E-state index in [1.807, 2.05) is 16.3 Å². The van der Waals surface area contributed by atoms with E-state index in [1.54, 1.807) is 23.5 Å². The molecule has 30 heavy (non-hydrogen) atoms. The Labute approximate surface area is 180 Å². The van der Waals surface area contributed by atoms with Crippen molar-refractivity contribution < 1.29 is 13.9 Å². The average molecular weight is 425 g/mol. The zero-order chi connectivity index (χ0) is 21.3. The lowest BCUT2D eigenvalue weighted by molar-refractivity contribution is 0.0728. The Kier molecular flexibility index (Phi) is 5.86. The molecule has 1 aliphatic rings. The van der Waals surface area contributed by atoms with Crippen LogP contribution in [0, 0.1) is 26.6 Å². The number of nitrogens with zero attached hydrogens (tertiary/aromatic N) is 2. The van der Waals surface area contributed by atoms with E-state index in [2.05, 4.69) is 31.8 Å². The third-order valence-corrected chi connectivity index (χ3v) is 6.26. The van der Waals surface area contributed by atoms with Crippen molar-refractivity contribution in [3.05, 3.63) is 80.6 Å². The number of thiazole rings is 1. The molecular formula is C24H25FN2O2S. The average Bonchev–Trinajstić information content (AvgIpc) is 3.47. The van der Waals surface area contributed by atoms with Crippen molar-refractivity contribution >= 4 is 17.2 Å². The lowest BCUT2D eigenvalue weighted by Gasteiger charge is -2.21. The van der Waals surface area contributed by atoms with Crippen LogP contribution in [0.5, 0.6) is 5.75 Å². The summed E-state index contributed by atoms with van der Waals surface area (Å²) in [5, 5.41) is 2.87. The van der Waals surface area contributed by atoms with Crippen molar-refractivity contribution in [1.82, 2.24) is 9.88 Å². The Balaban J connectivity index is 1.43. The molecule has 4 rings (SSSR count). The molecule has 0 aliphatic heterocycles. The molecule has 0 spiro atoms. The lowest BCUT2D eigenvalue weighted by Crippen LogP contribution is -2.32. The zero-order valence-corrected chi connectivity index (χ0v) is 18.3. The maximum atomic E-state index is 13.2. The molecule has 0 saturated heterocycles. The van der Waals surface area contributed by atoms with Gasteiger partial charge in [0.25, 0.3) is 5.91 Å². The first kappa shape index (κ1) is 20.5. The van der Waals surface area contributed by atoms with E-state index in [9.17, 15) is 9.18 Å². The Hall–Kier alpha value is -2.73. The number of aryl methyl sites for hydroxylation is 2.